The van der Waals surface area contributed by atoms with Gasteiger partial charge in [-0.3, -0.25) is 4.79 Å². The molecule has 0 fully saturated rings. The lowest BCUT2D eigenvalue weighted by atomic mass is 10.0. The number of nitrogens with one attached hydrogen (secondary N) is 2. The van der Waals surface area contributed by atoms with E-state index in [1.54, 1.807) is 14.1 Å². The lowest BCUT2D eigenvalue weighted by Crippen LogP contribution is -2.22. The predicted octanol–water partition coefficient (Wildman–Crippen LogP) is 2.67. The van der Waals surface area contributed by atoms with Crippen molar-refractivity contribution in [3.8, 4) is 11.3 Å². The molecule has 0 saturated carbocycles. The Kier molecular flexibility index (Phi) is 4.52. The highest BCUT2D eigenvalue weighted by Crippen LogP contribution is 2.28. The van der Waals surface area contributed by atoms with Crippen molar-refractivity contribution in [3.05, 3.63) is 41.7 Å². The van der Waals surface area contributed by atoms with Crippen molar-refractivity contribution in [2.75, 3.05) is 19.4 Å². The lowest BCUT2D eigenvalue weighted by molar-refractivity contribution is 0.0964. The average Bonchev–Trinajstić information content (AvgIpc) is 2.53. The highest BCUT2D eigenvalue weighted by atomic mass is 16.1. The first-order chi connectivity index (χ1) is 10.1. The number of carbonyl (C=O) groups is 1. The van der Waals surface area contributed by atoms with Gasteiger partial charge in [-0.2, -0.15) is 0 Å². The van der Waals surface area contributed by atoms with Gasteiger partial charge in [0.2, 0.25) is 0 Å². The molecule has 5 heteroatoms. The minimum Gasteiger partial charge on any atom is -0.372 e. The summed E-state index contributed by atoms with van der Waals surface area (Å²) < 4.78 is 0. The molecule has 0 unspecified atom stereocenters. The number of amides is 1. The van der Waals surface area contributed by atoms with Crippen LogP contribution in [-0.2, 0) is 0 Å². The summed E-state index contributed by atoms with van der Waals surface area (Å²) in [7, 11) is 3.36. The van der Waals surface area contributed by atoms with Gasteiger partial charge in [-0.1, -0.05) is 44.2 Å². The number of benzene rings is 1. The van der Waals surface area contributed by atoms with E-state index in [0.29, 0.717) is 22.9 Å². The van der Waals surface area contributed by atoms with Gasteiger partial charge in [-0.05, 0) is 0 Å². The van der Waals surface area contributed by atoms with E-state index in [1.807, 2.05) is 44.2 Å². The Hall–Kier alpha value is -2.43. The van der Waals surface area contributed by atoms with E-state index in [9.17, 15) is 4.79 Å². The zero-order chi connectivity index (χ0) is 15.4. The Balaban J connectivity index is 2.75. The Morgan fingerprint density at radius 3 is 2.29 bits per heavy atom. The van der Waals surface area contributed by atoms with Crippen molar-refractivity contribution < 1.29 is 4.79 Å². The molecule has 2 N–H and O–H groups in total. The Morgan fingerprint density at radius 2 is 1.76 bits per heavy atom. The van der Waals surface area contributed by atoms with Gasteiger partial charge >= 0.3 is 0 Å². The molecule has 0 radical (unpaired) electrons. The maximum atomic E-state index is 12.2. The topological polar surface area (TPSA) is 66.9 Å². The second kappa shape index (κ2) is 6.35. The molecule has 0 atom stereocenters. The number of hydrogen-bond acceptors (Lipinski definition) is 4. The third-order valence-corrected chi connectivity index (χ3v) is 3.18. The lowest BCUT2D eigenvalue weighted by Gasteiger charge is -2.15. The number of carbonyl (C=O) groups excluding carboxylic acids is 1. The third kappa shape index (κ3) is 3.02. The van der Waals surface area contributed by atoms with Crippen LogP contribution in [0.1, 0.15) is 35.9 Å². The van der Waals surface area contributed by atoms with Crippen LogP contribution in [0.4, 0.5) is 5.82 Å². The molecule has 0 aliphatic heterocycles. The van der Waals surface area contributed by atoms with E-state index in [4.69, 9.17) is 0 Å². The molecule has 1 aromatic heterocycles. The molecule has 0 spiro atoms. The fraction of sp³-hybridized carbons (Fsp3) is 0.312. The first-order valence-electron chi connectivity index (χ1n) is 6.95. The van der Waals surface area contributed by atoms with Gasteiger partial charge in [0.15, 0.2) is 0 Å². The molecule has 0 saturated heterocycles. The minimum absolute atomic E-state index is 0.179. The van der Waals surface area contributed by atoms with Gasteiger partial charge in [0.1, 0.15) is 17.2 Å². The van der Waals surface area contributed by atoms with Crippen LogP contribution in [0.2, 0.25) is 0 Å². The standard InChI is InChI=1S/C16H20N4O/c1-10(2)14-19-13(11-8-6-5-7-9-11)12(16(21)18-4)15(17-3)20-14/h5-10H,1-4H3,(H,18,21)(H,17,19,20). The summed E-state index contributed by atoms with van der Waals surface area (Å²) in [4.78, 5) is 21.3. The first kappa shape index (κ1) is 15.0. The van der Waals surface area contributed by atoms with Gasteiger partial charge in [-0.25, -0.2) is 9.97 Å². The van der Waals surface area contributed by atoms with Crippen LogP contribution in [-0.4, -0.2) is 30.0 Å². The summed E-state index contributed by atoms with van der Waals surface area (Å²) in [6.45, 7) is 4.06. The predicted molar refractivity (Wildman–Crippen MR) is 84.5 cm³/mol. The molecule has 21 heavy (non-hydrogen) atoms. The molecular formula is C16H20N4O. The first-order valence-corrected chi connectivity index (χ1v) is 6.95. The van der Waals surface area contributed by atoms with Crippen molar-refractivity contribution in [2.24, 2.45) is 0 Å². The summed E-state index contributed by atoms with van der Waals surface area (Å²) in [5.74, 6) is 1.24. The zero-order valence-electron chi connectivity index (χ0n) is 12.8. The number of nitrogens with zero attached hydrogens (tertiary/aromatic N) is 2. The van der Waals surface area contributed by atoms with E-state index in [1.165, 1.54) is 0 Å². The van der Waals surface area contributed by atoms with Gasteiger partial charge in [0, 0.05) is 25.6 Å². The van der Waals surface area contributed by atoms with E-state index in [0.717, 1.165) is 5.56 Å². The third-order valence-electron chi connectivity index (χ3n) is 3.18. The molecule has 1 amide bonds. The monoisotopic (exact) mass is 284 g/mol. The van der Waals surface area contributed by atoms with Crippen LogP contribution >= 0.6 is 0 Å². The van der Waals surface area contributed by atoms with Gasteiger partial charge < -0.3 is 10.6 Å². The fourth-order valence-corrected chi connectivity index (χ4v) is 2.06. The Morgan fingerprint density at radius 1 is 1.10 bits per heavy atom. The number of aromatic nitrogens is 2. The van der Waals surface area contributed by atoms with Crippen LogP contribution in [0.25, 0.3) is 11.3 Å². The number of rotatable bonds is 4. The summed E-state index contributed by atoms with van der Waals surface area (Å²) >= 11 is 0. The van der Waals surface area contributed by atoms with Crippen LogP contribution < -0.4 is 10.6 Å². The summed E-state index contributed by atoms with van der Waals surface area (Å²) in [6, 6.07) is 9.68. The summed E-state index contributed by atoms with van der Waals surface area (Å²) in [6.07, 6.45) is 0. The second-order valence-corrected chi connectivity index (χ2v) is 5.00. The molecule has 1 aromatic carbocycles. The minimum atomic E-state index is -0.200. The van der Waals surface area contributed by atoms with Crippen LogP contribution in [0.15, 0.2) is 30.3 Å². The zero-order valence-corrected chi connectivity index (χ0v) is 12.8. The van der Waals surface area contributed by atoms with E-state index in [2.05, 4.69) is 20.6 Å². The molecular weight excluding hydrogens is 264 g/mol. The molecule has 1 heterocycles. The highest BCUT2D eigenvalue weighted by Gasteiger charge is 2.21. The average molecular weight is 284 g/mol. The summed E-state index contributed by atoms with van der Waals surface area (Å²) in [5, 5.41) is 5.66. The number of anilines is 1. The Labute approximate surface area is 124 Å². The van der Waals surface area contributed by atoms with Crippen molar-refractivity contribution in [2.45, 2.75) is 19.8 Å². The molecule has 0 aliphatic rings. The maximum Gasteiger partial charge on any atom is 0.257 e. The SMILES string of the molecule is CNC(=O)c1c(NC)nc(C(C)C)nc1-c1ccccc1. The summed E-state index contributed by atoms with van der Waals surface area (Å²) in [5.41, 5.74) is 2.02. The van der Waals surface area contributed by atoms with Gasteiger partial charge in [0.25, 0.3) is 5.91 Å². The molecule has 5 nitrogen and oxygen atoms in total. The number of hydrogen-bond donors (Lipinski definition) is 2. The molecule has 2 aromatic rings. The van der Waals surface area contributed by atoms with Gasteiger partial charge in [0.05, 0.1) is 5.69 Å². The van der Waals surface area contributed by atoms with Crippen LogP contribution in [0, 0.1) is 0 Å². The smallest absolute Gasteiger partial charge is 0.257 e. The molecule has 110 valence electrons. The maximum absolute atomic E-state index is 12.2. The van der Waals surface area contributed by atoms with Crippen LogP contribution in [0.5, 0.6) is 0 Å². The van der Waals surface area contributed by atoms with Crippen molar-refractivity contribution >= 4 is 11.7 Å². The van der Waals surface area contributed by atoms with Gasteiger partial charge in [-0.15, -0.1) is 0 Å². The van der Waals surface area contributed by atoms with Crippen molar-refractivity contribution in [3.63, 3.8) is 0 Å². The van der Waals surface area contributed by atoms with E-state index < -0.39 is 0 Å². The Bertz CT molecular complexity index is 638. The largest absolute Gasteiger partial charge is 0.372 e. The molecule has 2 rings (SSSR count). The fourth-order valence-electron chi connectivity index (χ4n) is 2.06. The van der Waals surface area contributed by atoms with E-state index >= 15 is 0 Å². The van der Waals surface area contributed by atoms with Crippen molar-refractivity contribution in [1.82, 2.24) is 15.3 Å². The quantitative estimate of drug-likeness (QED) is 0.906. The molecule has 0 aliphatic carbocycles. The second-order valence-electron chi connectivity index (χ2n) is 5.00. The molecule has 0 bridgehead atoms. The van der Waals surface area contributed by atoms with Crippen molar-refractivity contribution in [1.29, 1.82) is 0 Å². The highest BCUT2D eigenvalue weighted by molar-refractivity contribution is 6.04. The van der Waals surface area contributed by atoms with E-state index in [-0.39, 0.29) is 11.8 Å². The van der Waals surface area contributed by atoms with Crippen LogP contribution in [0.3, 0.4) is 0 Å². The normalized spacial score (nSPS) is 10.5.